The van der Waals surface area contributed by atoms with Gasteiger partial charge in [-0.1, -0.05) is 87.7 Å². The fourth-order valence-electron chi connectivity index (χ4n) is 3.28. The van der Waals surface area contributed by atoms with E-state index in [0.29, 0.717) is 0 Å². The van der Waals surface area contributed by atoms with Gasteiger partial charge < -0.3 is 9.80 Å². The molecule has 0 atom stereocenters. The lowest BCUT2D eigenvalue weighted by Gasteiger charge is -2.30. The van der Waals surface area contributed by atoms with Gasteiger partial charge in [0.15, 0.2) is 0 Å². The van der Waals surface area contributed by atoms with Gasteiger partial charge in [-0.25, -0.2) is 0 Å². The molecular formula is C22H40N2Si+. The number of unbranched alkanes of at least 4 members (excludes halogenated alkanes) is 8. The van der Waals surface area contributed by atoms with E-state index in [1.54, 1.807) is 0 Å². The molecule has 0 spiro atoms. The maximum absolute atomic E-state index is 3.63. The van der Waals surface area contributed by atoms with Crippen LogP contribution in [0.15, 0.2) is 30.3 Å². The molecule has 0 unspecified atom stereocenters. The highest BCUT2D eigenvalue weighted by atomic mass is 28.1. The molecule has 0 aliphatic carbocycles. The van der Waals surface area contributed by atoms with Gasteiger partial charge in [-0.05, 0) is 13.0 Å². The molecule has 0 aliphatic rings. The van der Waals surface area contributed by atoms with E-state index in [9.17, 15) is 0 Å². The van der Waals surface area contributed by atoms with Crippen molar-refractivity contribution in [3.63, 3.8) is 0 Å². The van der Waals surface area contributed by atoms with Gasteiger partial charge in [-0.15, -0.1) is 0 Å². The largest absolute Gasteiger partial charge is 0.324 e. The highest BCUT2D eigenvalue weighted by molar-refractivity contribution is 6.08. The summed E-state index contributed by atoms with van der Waals surface area (Å²) in [6, 6.07) is 12.0. The number of nitrogens with zero attached hydrogens (tertiary/aromatic N) is 1. The number of quaternary nitrogens is 1. The van der Waals surface area contributed by atoms with Crippen molar-refractivity contribution in [2.24, 2.45) is 0 Å². The first-order chi connectivity index (χ1) is 12.1. The number of benzene rings is 1. The molecule has 0 aromatic heterocycles. The minimum absolute atomic E-state index is 1.05. The Morgan fingerprint density at radius 1 is 0.760 bits per heavy atom. The van der Waals surface area contributed by atoms with E-state index < -0.39 is 0 Å². The van der Waals surface area contributed by atoms with Crippen LogP contribution in [0.1, 0.15) is 63.4 Å². The molecule has 1 aromatic carbocycles. The molecule has 0 saturated carbocycles. The van der Waals surface area contributed by atoms with Crippen LogP contribution in [0, 0.1) is 0 Å². The lowest BCUT2D eigenvalue weighted by Crippen LogP contribution is -2.43. The van der Waals surface area contributed by atoms with Gasteiger partial charge in [0, 0.05) is 22.4 Å². The highest BCUT2D eigenvalue weighted by Crippen LogP contribution is 2.10. The molecule has 1 aromatic rings. The summed E-state index contributed by atoms with van der Waals surface area (Å²) in [5.74, 6) is 0. The van der Waals surface area contributed by atoms with Gasteiger partial charge in [0.25, 0.3) is 0 Å². The molecule has 141 valence electrons. The molecule has 0 fully saturated rings. The second-order valence-electron chi connectivity index (χ2n) is 7.99. The second kappa shape index (κ2) is 14.5. The Morgan fingerprint density at radius 3 is 1.92 bits per heavy atom. The Kier molecular flexibility index (Phi) is 13.0. The zero-order valence-corrected chi connectivity index (χ0v) is 17.7. The van der Waals surface area contributed by atoms with Gasteiger partial charge >= 0.3 is 0 Å². The van der Waals surface area contributed by atoms with E-state index in [2.05, 4.69) is 60.0 Å². The zero-order chi connectivity index (χ0) is 18.2. The van der Waals surface area contributed by atoms with Crippen molar-refractivity contribution in [3.05, 3.63) is 35.9 Å². The Morgan fingerprint density at radius 2 is 1.32 bits per heavy atom. The number of likely N-dealkylation sites (N-methyl/N-ethyl adjacent to an activating group) is 1. The second-order valence-corrected chi connectivity index (χ2v) is 8.49. The molecule has 0 aliphatic heterocycles. The maximum Gasteiger partial charge on any atom is 0.104 e. The third kappa shape index (κ3) is 13.2. The van der Waals surface area contributed by atoms with Crippen LogP contribution in [0.25, 0.3) is 0 Å². The van der Waals surface area contributed by atoms with E-state index in [1.807, 2.05) is 0 Å². The van der Waals surface area contributed by atoms with Crippen LogP contribution in [0.4, 0.5) is 0 Å². The number of hydrogen-bond donors (Lipinski definition) is 1. The normalized spacial score (nSPS) is 11.8. The zero-order valence-electron chi connectivity index (χ0n) is 16.7. The molecular weight excluding hydrogens is 320 g/mol. The van der Waals surface area contributed by atoms with Crippen LogP contribution in [-0.2, 0) is 6.54 Å². The van der Waals surface area contributed by atoms with Crippen molar-refractivity contribution in [3.8, 4) is 0 Å². The standard InChI is InChI=1S/C22H40N2Si/c1-24(2,21-22-15-11-10-12-16-22)19-18-23-17-13-8-6-4-3-5-7-9-14-20-25/h10-12,15-16,23H,3-9,13-14,17-21H2,1-2H3/q+1. The van der Waals surface area contributed by atoms with Crippen molar-refractivity contribution in [2.75, 3.05) is 33.7 Å². The molecule has 0 saturated heterocycles. The molecule has 0 amide bonds. The third-order valence-corrected chi connectivity index (χ3v) is 5.23. The third-order valence-electron chi connectivity index (χ3n) is 4.88. The van der Waals surface area contributed by atoms with Gasteiger partial charge in [-0.2, -0.15) is 0 Å². The van der Waals surface area contributed by atoms with Crippen LogP contribution in [0.3, 0.4) is 0 Å². The van der Waals surface area contributed by atoms with Gasteiger partial charge in [0.05, 0.1) is 20.6 Å². The number of hydrogen-bond acceptors (Lipinski definition) is 1. The lowest BCUT2D eigenvalue weighted by atomic mass is 10.1. The lowest BCUT2D eigenvalue weighted by molar-refractivity contribution is -0.902. The summed E-state index contributed by atoms with van der Waals surface area (Å²) in [5, 5.41) is 3.63. The van der Waals surface area contributed by atoms with Crippen LogP contribution < -0.4 is 5.32 Å². The predicted octanol–water partition coefficient (Wildman–Crippen LogP) is 4.95. The van der Waals surface area contributed by atoms with Gasteiger partial charge in [-0.3, -0.25) is 0 Å². The minimum Gasteiger partial charge on any atom is -0.324 e. The molecule has 1 rings (SSSR count). The van der Waals surface area contributed by atoms with Crippen LogP contribution in [0.5, 0.6) is 0 Å². The summed E-state index contributed by atoms with van der Waals surface area (Å²) < 4.78 is 1.05. The van der Waals surface area contributed by atoms with Crippen molar-refractivity contribution in [1.29, 1.82) is 0 Å². The van der Waals surface area contributed by atoms with Crippen LogP contribution >= 0.6 is 0 Å². The Labute approximate surface area is 160 Å². The minimum atomic E-state index is 1.05. The average Bonchev–Trinajstić information content (AvgIpc) is 2.59. The summed E-state index contributed by atoms with van der Waals surface area (Å²) in [7, 11) is 8.19. The molecule has 0 bridgehead atoms. The van der Waals surface area contributed by atoms with Crippen molar-refractivity contribution >= 4 is 10.2 Å². The summed E-state index contributed by atoms with van der Waals surface area (Å²) in [6.07, 6.45) is 12.6. The summed E-state index contributed by atoms with van der Waals surface area (Å²) >= 11 is 0. The smallest absolute Gasteiger partial charge is 0.104 e. The topological polar surface area (TPSA) is 12.0 Å². The van der Waals surface area contributed by atoms with Crippen molar-refractivity contribution in [2.45, 2.75) is 70.4 Å². The van der Waals surface area contributed by atoms with Crippen LogP contribution in [0.2, 0.25) is 6.04 Å². The average molecular weight is 361 g/mol. The predicted molar refractivity (Wildman–Crippen MR) is 112 cm³/mol. The van der Waals surface area contributed by atoms with E-state index in [4.69, 9.17) is 0 Å². The fraction of sp³-hybridized carbons (Fsp3) is 0.727. The Balaban J connectivity index is 1.89. The van der Waals surface area contributed by atoms with E-state index in [1.165, 1.54) is 76.4 Å². The molecule has 3 heteroatoms. The Bertz CT molecular complexity index is 406. The summed E-state index contributed by atoms with van der Waals surface area (Å²) in [6.45, 7) is 4.59. The number of nitrogens with one attached hydrogen (secondary N) is 1. The summed E-state index contributed by atoms with van der Waals surface area (Å²) in [4.78, 5) is 0. The highest BCUT2D eigenvalue weighted by Gasteiger charge is 2.14. The van der Waals surface area contributed by atoms with Crippen molar-refractivity contribution in [1.82, 2.24) is 5.32 Å². The van der Waals surface area contributed by atoms with E-state index in [0.717, 1.165) is 23.6 Å². The van der Waals surface area contributed by atoms with Gasteiger partial charge in [0.1, 0.15) is 6.54 Å². The quantitative estimate of drug-likeness (QED) is 0.250. The van der Waals surface area contributed by atoms with Crippen molar-refractivity contribution < 1.29 is 4.48 Å². The van der Waals surface area contributed by atoms with E-state index in [-0.39, 0.29) is 0 Å². The molecule has 3 radical (unpaired) electrons. The number of rotatable bonds is 16. The SMILES string of the molecule is C[N+](C)(CCNCCCCCCCCCCC[Si])Cc1ccccc1. The van der Waals surface area contributed by atoms with Crippen LogP contribution in [-0.4, -0.2) is 48.5 Å². The fourth-order valence-corrected chi connectivity index (χ4v) is 3.53. The molecule has 1 N–H and O–H groups in total. The van der Waals surface area contributed by atoms with Gasteiger partial charge in [0.2, 0.25) is 0 Å². The first-order valence-electron chi connectivity index (χ1n) is 10.4. The molecule has 0 heterocycles. The maximum atomic E-state index is 3.63. The first kappa shape index (κ1) is 22.4. The Hall–Kier alpha value is -0.643. The summed E-state index contributed by atoms with van der Waals surface area (Å²) in [5.41, 5.74) is 1.43. The first-order valence-corrected chi connectivity index (χ1v) is 11.1. The molecule has 25 heavy (non-hydrogen) atoms. The van der Waals surface area contributed by atoms with E-state index >= 15 is 0 Å². The molecule has 2 nitrogen and oxygen atoms in total. The monoisotopic (exact) mass is 360 g/mol.